The fourth-order valence-corrected chi connectivity index (χ4v) is 4.01. The van der Waals surface area contributed by atoms with E-state index in [1.54, 1.807) is 24.3 Å². The van der Waals surface area contributed by atoms with Crippen LogP contribution in [0.15, 0.2) is 80.6 Å². The second kappa shape index (κ2) is 8.65. The van der Waals surface area contributed by atoms with E-state index in [0.717, 1.165) is 15.4 Å². The summed E-state index contributed by atoms with van der Waals surface area (Å²) in [5.74, 6) is -1.07. The molecule has 3 aromatic rings. The van der Waals surface area contributed by atoms with Crippen molar-refractivity contribution >= 4 is 41.4 Å². The van der Waals surface area contributed by atoms with Crippen LogP contribution >= 0.6 is 11.8 Å². The molecule has 1 saturated heterocycles. The number of anilines is 1. The van der Waals surface area contributed by atoms with Gasteiger partial charge in [0.15, 0.2) is 5.09 Å². The molecule has 0 unspecified atom stereocenters. The van der Waals surface area contributed by atoms with Crippen LogP contribution in [-0.4, -0.2) is 17.8 Å². The Morgan fingerprint density at radius 3 is 2.48 bits per heavy atom. The summed E-state index contributed by atoms with van der Waals surface area (Å²) in [6, 6.07) is 17.8. The zero-order valence-corrected chi connectivity index (χ0v) is 17.9. The number of aryl methyl sites for hydroxylation is 2. The summed E-state index contributed by atoms with van der Waals surface area (Å²) in [4.78, 5) is 39.9. The molecule has 4 amide bonds. The quantitative estimate of drug-likeness (QED) is 0.455. The lowest BCUT2D eigenvalue weighted by molar-refractivity contribution is -0.122. The second-order valence-corrected chi connectivity index (χ2v) is 8.09. The Morgan fingerprint density at radius 2 is 1.74 bits per heavy atom. The van der Waals surface area contributed by atoms with Gasteiger partial charge in [-0.05, 0) is 55.3 Å². The van der Waals surface area contributed by atoms with E-state index in [9.17, 15) is 14.4 Å². The summed E-state index contributed by atoms with van der Waals surface area (Å²) < 4.78 is 5.78. The molecular formula is C24H20N2O4S. The summed E-state index contributed by atoms with van der Waals surface area (Å²) >= 11 is 1.44. The van der Waals surface area contributed by atoms with Crippen LogP contribution in [0.4, 0.5) is 10.5 Å². The van der Waals surface area contributed by atoms with Gasteiger partial charge in [0.25, 0.3) is 11.8 Å². The molecule has 1 fully saturated rings. The van der Waals surface area contributed by atoms with E-state index in [1.165, 1.54) is 23.4 Å². The summed E-state index contributed by atoms with van der Waals surface area (Å²) in [6.07, 6.45) is 2.00. The van der Waals surface area contributed by atoms with Crippen LogP contribution in [0.25, 0.3) is 6.08 Å². The lowest BCUT2D eigenvalue weighted by Crippen LogP contribution is -2.54. The van der Waals surface area contributed by atoms with E-state index in [4.69, 9.17) is 4.42 Å². The van der Waals surface area contributed by atoms with Gasteiger partial charge in [-0.1, -0.05) is 54.6 Å². The number of benzene rings is 2. The molecule has 0 spiro atoms. The molecule has 1 aliphatic heterocycles. The number of nitrogens with zero attached hydrogens (tertiary/aromatic N) is 1. The number of carbonyl (C=O) groups excluding carboxylic acids is 3. The van der Waals surface area contributed by atoms with Crippen LogP contribution in [-0.2, 0) is 16.0 Å². The van der Waals surface area contributed by atoms with Gasteiger partial charge in [-0.2, -0.15) is 0 Å². The Hall–Kier alpha value is -3.58. The molecule has 1 aromatic heterocycles. The topological polar surface area (TPSA) is 79.6 Å². The van der Waals surface area contributed by atoms with E-state index < -0.39 is 17.8 Å². The highest BCUT2D eigenvalue weighted by molar-refractivity contribution is 7.99. The largest absolute Gasteiger partial charge is 0.450 e. The van der Waals surface area contributed by atoms with Crippen LogP contribution < -0.4 is 10.2 Å². The first-order chi connectivity index (χ1) is 15.0. The van der Waals surface area contributed by atoms with Crippen molar-refractivity contribution in [3.05, 3.63) is 83.1 Å². The summed E-state index contributed by atoms with van der Waals surface area (Å²) in [6.45, 7) is 3.95. The van der Waals surface area contributed by atoms with Crippen molar-refractivity contribution in [1.29, 1.82) is 0 Å². The Balaban J connectivity index is 1.61. The number of nitrogens with one attached hydrogen (secondary N) is 1. The van der Waals surface area contributed by atoms with Gasteiger partial charge in [-0.3, -0.25) is 14.9 Å². The maximum absolute atomic E-state index is 13.1. The van der Waals surface area contributed by atoms with Crippen molar-refractivity contribution in [2.75, 3.05) is 4.90 Å². The third kappa shape index (κ3) is 4.32. The van der Waals surface area contributed by atoms with Gasteiger partial charge >= 0.3 is 6.03 Å². The lowest BCUT2D eigenvalue weighted by atomic mass is 10.1. The number of urea groups is 1. The molecule has 1 N–H and O–H groups in total. The SMILES string of the molecule is CCc1ccccc1N1C(=O)NC(=O)/C(=C\c2ccc(Sc3ccc(C)cc3)o2)C1=O. The van der Waals surface area contributed by atoms with Gasteiger partial charge in [0.05, 0.1) is 5.69 Å². The fourth-order valence-electron chi connectivity index (χ4n) is 3.24. The van der Waals surface area contributed by atoms with Crippen LogP contribution in [0, 0.1) is 6.92 Å². The molecule has 2 heterocycles. The Labute approximate surface area is 183 Å². The van der Waals surface area contributed by atoms with Crippen molar-refractivity contribution in [2.24, 2.45) is 0 Å². The van der Waals surface area contributed by atoms with Crippen molar-refractivity contribution in [2.45, 2.75) is 30.3 Å². The van der Waals surface area contributed by atoms with Crippen LogP contribution in [0.1, 0.15) is 23.8 Å². The Bertz CT molecular complexity index is 1190. The van der Waals surface area contributed by atoms with E-state index >= 15 is 0 Å². The molecule has 2 aromatic carbocycles. The van der Waals surface area contributed by atoms with E-state index in [-0.39, 0.29) is 5.57 Å². The van der Waals surface area contributed by atoms with Gasteiger partial charge in [-0.25, -0.2) is 9.69 Å². The van der Waals surface area contributed by atoms with Gasteiger partial charge in [0.2, 0.25) is 0 Å². The van der Waals surface area contributed by atoms with Crippen LogP contribution in [0.2, 0.25) is 0 Å². The Kier molecular flexibility index (Phi) is 5.77. The molecule has 6 nitrogen and oxygen atoms in total. The normalized spacial score (nSPS) is 15.5. The zero-order chi connectivity index (χ0) is 22.0. The molecule has 0 saturated carbocycles. The number of furan rings is 1. The van der Waals surface area contributed by atoms with Gasteiger partial charge in [0, 0.05) is 4.90 Å². The third-order valence-corrected chi connectivity index (χ3v) is 5.77. The predicted octanol–water partition coefficient (Wildman–Crippen LogP) is 4.97. The molecule has 0 aliphatic carbocycles. The minimum absolute atomic E-state index is 0.160. The molecule has 4 rings (SSSR count). The first kappa shape index (κ1) is 20.7. The molecular weight excluding hydrogens is 412 g/mol. The maximum atomic E-state index is 13.1. The van der Waals surface area contributed by atoms with Crippen molar-refractivity contribution in [1.82, 2.24) is 5.32 Å². The highest BCUT2D eigenvalue weighted by atomic mass is 32.2. The van der Waals surface area contributed by atoms with Gasteiger partial charge in [-0.15, -0.1) is 0 Å². The first-order valence-electron chi connectivity index (χ1n) is 9.80. The number of barbiturate groups is 1. The van der Waals surface area contributed by atoms with Crippen LogP contribution in [0.3, 0.4) is 0 Å². The van der Waals surface area contributed by atoms with Gasteiger partial charge < -0.3 is 4.42 Å². The average molecular weight is 433 g/mol. The minimum Gasteiger partial charge on any atom is -0.450 e. The molecule has 0 atom stereocenters. The Morgan fingerprint density at radius 1 is 1.00 bits per heavy atom. The highest BCUT2D eigenvalue weighted by Gasteiger charge is 2.37. The molecule has 1 aliphatic rings. The monoisotopic (exact) mass is 432 g/mol. The molecule has 31 heavy (non-hydrogen) atoms. The molecule has 156 valence electrons. The predicted molar refractivity (Wildman–Crippen MR) is 119 cm³/mol. The number of hydrogen-bond acceptors (Lipinski definition) is 5. The number of hydrogen-bond donors (Lipinski definition) is 1. The summed E-state index contributed by atoms with van der Waals surface area (Å²) in [7, 11) is 0. The average Bonchev–Trinajstić information content (AvgIpc) is 3.20. The first-order valence-corrected chi connectivity index (χ1v) is 10.6. The van der Waals surface area contributed by atoms with Crippen LogP contribution in [0.5, 0.6) is 0 Å². The number of amides is 4. The summed E-state index contributed by atoms with van der Waals surface area (Å²) in [5, 5.41) is 2.87. The smallest absolute Gasteiger partial charge is 0.335 e. The van der Waals surface area contributed by atoms with E-state index in [1.807, 2.05) is 50.2 Å². The second-order valence-electron chi connectivity index (χ2n) is 7.01. The zero-order valence-electron chi connectivity index (χ0n) is 17.0. The molecule has 0 radical (unpaired) electrons. The fraction of sp³-hybridized carbons (Fsp3) is 0.125. The van der Waals surface area contributed by atoms with E-state index in [2.05, 4.69) is 5.32 Å². The van der Waals surface area contributed by atoms with Crippen molar-refractivity contribution in [3.63, 3.8) is 0 Å². The minimum atomic E-state index is -0.761. The standard InChI is InChI=1S/C24H20N2O4S/c1-3-16-6-4-5-7-20(16)26-23(28)19(22(27)25-24(26)29)14-17-10-13-21(30-17)31-18-11-8-15(2)9-12-18/h4-14H,3H2,1-2H3,(H,25,27,29)/b19-14+. The molecule has 7 heteroatoms. The number of para-hydroxylation sites is 1. The highest BCUT2D eigenvalue weighted by Crippen LogP contribution is 2.31. The number of rotatable bonds is 5. The maximum Gasteiger partial charge on any atom is 0.335 e. The summed E-state index contributed by atoms with van der Waals surface area (Å²) in [5.41, 5.74) is 2.29. The number of imide groups is 2. The van der Waals surface area contributed by atoms with Gasteiger partial charge in [0.1, 0.15) is 11.3 Å². The lowest BCUT2D eigenvalue weighted by Gasteiger charge is -2.27. The molecule has 0 bridgehead atoms. The third-order valence-electron chi connectivity index (χ3n) is 4.84. The van der Waals surface area contributed by atoms with E-state index in [0.29, 0.717) is 23.0 Å². The van der Waals surface area contributed by atoms with Crippen molar-refractivity contribution in [3.8, 4) is 0 Å². The number of carbonyl (C=O) groups is 3. The van der Waals surface area contributed by atoms with Crippen molar-refractivity contribution < 1.29 is 18.8 Å².